The number of carbonyl (C=O) groups is 1. The Morgan fingerprint density at radius 2 is 1.81 bits per heavy atom. The molecule has 0 aliphatic heterocycles. The monoisotopic (exact) mass is 416 g/mol. The highest BCUT2D eigenvalue weighted by molar-refractivity contribution is 5.96. The Hall–Kier alpha value is -3.77. The van der Waals surface area contributed by atoms with Crippen LogP contribution in [-0.2, 0) is 9.47 Å². The van der Waals surface area contributed by atoms with E-state index in [0.29, 0.717) is 17.0 Å². The first-order valence-electron chi connectivity index (χ1n) is 10.0. The summed E-state index contributed by atoms with van der Waals surface area (Å²) >= 11 is 0. The van der Waals surface area contributed by atoms with E-state index in [1.807, 2.05) is 41.1 Å². The fraction of sp³-hybridized carbons (Fsp3) is 0.160. The summed E-state index contributed by atoms with van der Waals surface area (Å²) in [6.45, 7) is 2.06. The van der Waals surface area contributed by atoms with Crippen molar-refractivity contribution in [2.45, 2.75) is 6.92 Å². The first-order chi connectivity index (χ1) is 15.1. The lowest BCUT2D eigenvalue weighted by molar-refractivity contribution is 0.0438. The van der Waals surface area contributed by atoms with E-state index < -0.39 is 5.97 Å². The Morgan fingerprint density at radius 1 is 1.00 bits per heavy atom. The van der Waals surface area contributed by atoms with Crippen molar-refractivity contribution >= 4 is 22.6 Å². The molecule has 0 unspecified atom stereocenters. The van der Waals surface area contributed by atoms with Crippen LogP contribution in [0.25, 0.3) is 27.7 Å². The van der Waals surface area contributed by atoms with Crippen LogP contribution in [0.15, 0.2) is 72.9 Å². The fourth-order valence-electron chi connectivity index (χ4n) is 3.56. The summed E-state index contributed by atoms with van der Waals surface area (Å²) in [5.41, 5.74) is 11.3. The highest BCUT2D eigenvalue weighted by atomic mass is 16.7. The van der Waals surface area contributed by atoms with Gasteiger partial charge < -0.3 is 24.5 Å². The van der Waals surface area contributed by atoms with Crippen LogP contribution in [0.4, 0.5) is 5.69 Å². The number of fused-ring (bicyclic) bond motifs is 1. The largest absolute Gasteiger partial charge is 0.467 e. The topological polar surface area (TPSA) is 75.7 Å². The number of nitrogen functional groups attached to an aromatic ring is 1. The molecule has 0 atom stereocenters. The van der Waals surface area contributed by atoms with Crippen LogP contribution in [0, 0.1) is 0 Å². The normalized spacial score (nSPS) is 10.9. The highest BCUT2D eigenvalue weighted by Gasteiger charge is 2.17. The number of anilines is 1. The molecule has 3 aromatic carbocycles. The number of rotatable bonds is 7. The zero-order chi connectivity index (χ0) is 21.8. The van der Waals surface area contributed by atoms with Crippen LogP contribution >= 0.6 is 0 Å². The number of aromatic nitrogens is 1. The molecule has 0 aliphatic rings. The Morgan fingerprint density at radius 3 is 2.55 bits per heavy atom. The number of methoxy groups -OCH3 is 1. The van der Waals surface area contributed by atoms with Gasteiger partial charge in [-0.15, -0.1) is 0 Å². The molecule has 0 radical (unpaired) electrons. The van der Waals surface area contributed by atoms with Crippen LogP contribution in [0.1, 0.15) is 17.3 Å². The minimum Gasteiger partial charge on any atom is -0.467 e. The number of hydrogen-bond donors (Lipinski definition) is 1. The second-order valence-electron chi connectivity index (χ2n) is 7.00. The number of ether oxygens (including phenoxy) is 3. The smallest absolute Gasteiger partial charge is 0.341 e. The number of nitrogens with two attached hydrogens (primary N) is 1. The summed E-state index contributed by atoms with van der Waals surface area (Å²) in [7, 11) is 1.53. The minimum atomic E-state index is -0.441. The van der Waals surface area contributed by atoms with E-state index in [1.54, 1.807) is 19.1 Å². The lowest BCUT2D eigenvalue weighted by atomic mass is 10.0. The van der Waals surface area contributed by atoms with Crippen molar-refractivity contribution in [2.75, 3.05) is 26.2 Å². The molecule has 158 valence electrons. The van der Waals surface area contributed by atoms with E-state index in [1.165, 1.54) is 7.11 Å². The van der Waals surface area contributed by atoms with Crippen LogP contribution in [0.3, 0.4) is 0 Å². The molecule has 0 aliphatic carbocycles. The molecule has 6 heteroatoms. The molecule has 0 fully saturated rings. The third-order valence-corrected chi connectivity index (χ3v) is 5.01. The molecular weight excluding hydrogens is 392 g/mol. The van der Waals surface area contributed by atoms with Crippen LogP contribution in [-0.4, -0.2) is 31.0 Å². The van der Waals surface area contributed by atoms with Gasteiger partial charge >= 0.3 is 5.97 Å². The van der Waals surface area contributed by atoms with Gasteiger partial charge in [0.1, 0.15) is 11.3 Å². The zero-order valence-electron chi connectivity index (χ0n) is 17.5. The van der Waals surface area contributed by atoms with Crippen molar-refractivity contribution in [1.29, 1.82) is 0 Å². The molecule has 1 aromatic heterocycles. The van der Waals surface area contributed by atoms with Crippen molar-refractivity contribution in [3.8, 4) is 22.6 Å². The fourth-order valence-corrected chi connectivity index (χ4v) is 3.56. The average Bonchev–Trinajstić information content (AvgIpc) is 3.14. The van der Waals surface area contributed by atoms with Gasteiger partial charge in [-0.05, 0) is 36.2 Å². The molecule has 0 spiro atoms. The average molecular weight is 416 g/mol. The molecule has 0 amide bonds. The van der Waals surface area contributed by atoms with Gasteiger partial charge in [-0.25, -0.2) is 4.79 Å². The quantitative estimate of drug-likeness (QED) is 0.337. The summed E-state index contributed by atoms with van der Waals surface area (Å²) in [5.74, 6) is -0.0548. The number of esters is 1. The minimum absolute atomic E-state index is 0.0164. The second-order valence-corrected chi connectivity index (χ2v) is 7.00. The number of carbonyl (C=O) groups excluding carboxylic acids is 1. The van der Waals surface area contributed by atoms with Crippen LogP contribution in [0.5, 0.6) is 5.75 Å². The molecular formula is C25H24N2O4. The lowest BCUT2D eigenvalue weighted by Crippen LogP contribution is -2.10. The standard InChI is InChI=1S/C25H24N2O4/c1-3-30-25(28)21-12-10-19(14-24(21)31-16-29-2)27-15-22(26)20-11-9-18(13-23(20)27)17-7-5-4-6-8-17/h4-15H,3,16,26H2,1-2H3. The Balaban J connectivity index is 1.83. The summed E-state index contributed by atoms with van der Waals surface area (Å²) < 4.78 is 17.8. The molecule has 0 saturated heterocycles. The SMILES string of the molecule is CCOC(=O)c1ccc(-n2cc(N)c3ccc(-c4ccccc4)cc32)cc1OCOC. The summed E-state index contributed by atoms with van der Waals surface area (Å²) in [6.07, 6.45) is 1.87. The van der Waals surface area contributed by atoms with E-state index >= 15 is 0 Å². The number of hydrogen-bond acceptors (Lipinski definition) is 5. The zero-order valence-corrected chi connectivity index (χ0v) is 17.5. The molecule has 2 N–H and O–H groups in total. The maximum Gasteiger partial charge on any atom is 0.341 e. The van der Waals surface area contributed by atoms with Gasteiger partial charge in [0.15, 0.2) is 6.79 Å². The predicted molar refractivity (Wildman–Crippen MR) is 122 cm³/mol. The maximum atomic E-state index is 12.3. The number of nitrogens with zero attached hydrogens (tertiary/aromatic N) is 1. The Bertz CT molecular complexity index is 1220. The lowest BCUT2D eigenvalue weighted by Gasteiger charge is -2.13. The van der Waals surface area contributed by atoms with Crippen LogP contribution in [0.2, 0.25) is 0 Å². The summed E-state index contributed by atoms with van der Waals surface area (Å²) in [6, 6.07) is 21.7. The van der Waals surface area contributed by atoms with Crippen molar-refractivity contribution in [3.63, 3.8) is 0 Å². The van der Waals surface area contributed by atoms with Gasteiger partial charge in [0.2, 0.25) is 0 Å². The van der Waals surface area contributed by atoms with E-state index in [-0.39, 0.29) is 13.4 Å². The van der Waals surface area contributed by atoms with Gasteiger partial charge in [-0.2, -0.15) is 0 Å². The van der Waals surface area contributed by atoms with Gasteiger partial charge in [-0.1, -0.05) is 42.5 Å². The predicted octanol–water partition coefficient (Wildman–Crippen LogP) is 5.04. The van der Waals surface area contributed by atoms with Crippen molar-refractivity contribution in [3.05, 3.63) is 78.5 Å². The van der Waals surface area contributed by atoms with Gasteiger partial charge in [0.25, 0.3) is 0 Å². The molecule has 4 aromatic rings. The van der Waals surface area contributed by atoms with E-state index in [2.05, 4.69) is 24.3 Å². The highest BCUT2D eigenvalue weighted by Crippen LogP contribution is 2.33. The summed E-state index contributed by atoms with van der Waals surface area (Å²) in [5, 5.41) is 0.952. The van der Waals surface area contributed by atoms with E-state index in [9.17, 15) is 4.79 Å². The van der Waals surface area contributed by atoms with Crippen molar-refractivity contribution in [2.24, 2.45) is 0 Å². The molecule has 0 saturated carbocycles. The molecule has 4 rings (SSSR count). The molecule has 31 heavy (non-hydrogen) atoms. The maximum absolute atomic E-state index is 12.3. The molecule has 0 bridgehead atoms. The van der Waals surface area contributed by atoms with Crippen molar-refractivity contribution < 1.29 is 19.0 Å². The van der Waals surface area contributed by atoms with Gasteiger partial charge in [0.05, 0.1) is 17.8 Å². The second kappa shape index (κ2) is 8.93. The Kier molecular flexibility index (Phi) is 5.91. The summed E-state index contributed by atoms with van der Waals surface area (Å²) in [4.78, 5) is 12.3. The molecule has 6 nitrogen and oxygen atoms in total. The number of benzene rings is 3. The first-order valence-corrected chi connectivity index (χ1v) is 10.0. The van der Waals surface area contributed by atoms with Crippen LogP contribution < -0.4 is 10.5 Å². The van der Waals surface area contributed by atoms with Crippen molar-refractivity contribution in [1.82, 2.24) is 4.57 Å². The first kappa shape index (κ1) is 20.5. The Labute approximate surface area is 180 Å². The van der Waals surface area contributed by atoms with E-state index in [4.69, 9.17) is 19.9 Å². The third kappa shape index (κ3) is 4.11. The van der Waals surface area contributed by atoms with Gasteiger partial charge in [-0.3, -0.25) is 0 Å². The third-order valence-electron chi connectivity index (χ3n) is 5.01. The van der Waals surface area contributed by atoms with E-state index in [0.717, 1.165) is 27.7 Å². The molecule has 1 heterocycles. The van der Waals surface area contributed by atoms with Gasteiger partial charge in [0, 0.05) is 30.4 Å².